The summed E-state index contributed by atoms with van der Waals surface area (Å²) in [5.41, 5.74) is 0.0434. The van der Waals surface area contributed by atoms with E-state index < -0.39 is 29.9 Å². The molecule has 2 aliphatic heterocycles. The lowest BCUT2D eigenvalue weighted by atomic mass is 9.78. The van der Waals surface area contributed by atoms with Crippen LogP contribution < -0.4 is 4.74 Å². The maximum absolute atomic E-state index is 14.2. The van der Waals surface area contributed by atoms with E-state index in [1.807, 2.05) is 0 Å². The topological polar surface area (TPSA) is 38.8 Å². The molecule has 4 nitrogen and oxygen atoms in total. The molecule has 3 fully saturated rings. The highest BCUT2D eigenvalue weighted by Gasteiger charge is 2.43. The summed E-state index contributed by atoms with van der Waals surface area (Å²) in [6.07, 6.45) is -4.40. The number of rotatable bonds is 6. The van der Waals surface area contributed by atoms with Crippen molar-refractivity contribution in [2.75, 3.05) is 13.7 Å². The van der Waals surface area contributed by atoms with E-state index in [1.165, 1.54) is 19.2 Å². The number of carbonyl (C=O) groups excluding carboxylic acids is 1. The van der Waals surface area contributed by atoms with E-state index in [0.717, 1.165) is 44.2 Å². The van der Waals surface area contributed by atoms with Crippen LogP contribution in [-0.2, 0) is 22.1 Å². The first kappa shape index (κ1) is 29.0. The third-order valence-corrected chi connectivity index (χ3v) is 9.08. The van der Waals surface area contributed by atoms with Gasteiger partial charge in [-0.2, -0.15) is 26.3 Å². The van der Waals surface area contributed by atoms with Gasteiger partial charge in [-0.25, -0.2) is 0 Å². The summed E-state index contributed by atoms with van der Waals surface area (Å²) in [5.74, 6) is -1.98. The number of carbonyl (C=O) groups is 1. The fourth-order valence-electron chi connectivity index (χ4n) is 7.05. The maximum Gasteiger partial charge on any atom is 0.420 e. The van der Waals surface area contributed by atoms with Gasteiger partial charge in [0.25, 0.3) is 0 Å². The molecule has 3 aliphatic rings. The number of methoxy groups -OCH3 is 1. The van der Waals surface area contributed by atoms with Crippen LogP contribution in [0.5, 0.6) is 5.75 Å². The van der Waals surface area contributed by atoms with Crippen molar-refractivity contribution in [1.29, 1.82) is 0 Å². The van der Waals surface area contributed by atoms with Crippen molar-refractivity contribution in [2.45, 2.75) is 94.7 Å². The molecule has 2 aromatic rings. The number of nitrogens with zero attached hydrogens (tertiary/aromatic N) is 1. The van der Waals surface area contributed by atoms with Crippen LogP contribution >= 0.6 is 0 Å². The van der Waals surface area contributed by atoms with Crippen LogP contribution in [0.2, 0.25) is 0 Å². The molecule has 1 saturated carbocycles. The zero-order chi connectivity index (χ0) is 28.7. The van der Waals surface area contributed by atoms with Gasteiger partial charge in [0.1, 0.15) is 11.3 Å². The Labute approximate surface area is 230 Å². The summed E-state index contributed by atoms with van der Waals surface area (Å²) in [5, 5.41) is 0.469. The Hall–Kier alpha value is -2.49. The predicted octanol–water partition coefficient (Wildman–Crippen LogP) is 7.71. The van der Waals surface area contributed by atoms with Gasteiger partial charge in [-0.1, -0.05) is 30.7 Å². The third kappa shape index (κ3) is 6.21. The molecule has 2 saturated heterocycles. The van der Waals surface area contributed by atoms with Crippen LogP contribution in [0.4, 0.5) is 26.3 Å². The van der Waals surface area contributed by atoms with Gasteiger partial charge >= 0.3 is 18.3 Å². The van der Waals surface area contributed by atoms with E-state index in [2.05, 4.69) is 4.90 Å². The summed E-state index contributed by atoms with van der Waals surface area (Å²) >= 11 is 0. The highest BCUT2D eigenvalue weighted by atomic mass is 19.4. The number of hydrogen-bond acceptors (Lipinski definition) is 4. The van der Waals surface area contributed by atoms with Gasteiger partial charge in [-0.15, -0.1) is 0 Å². The smallest absolute Gasteiger partial charge is 0.420 e. The summed E-state index contributed by atoms with van der Waals surface area (Å²) in [6.45, 7) is 0.767. The summed E-state index contributed by atoms with van der Waals surface area (Å²) in [7, 11) is 1.42. The highest BCUT2D eigenvalue weighted by molar-refractivity contribution is 5.89. The Morgan fingerprint density at radius 1 is 0.925 bits per heavy atom. The molecule has 10 heteroatoms. The molecule has 2 atom stereocenters. The zero-order valence-corrected chi connectivity index (χ0v) is 22.5. The first-order chi connectivity index (χ1) is 18.9. The Morgan fingerprint density at radius 2 is 1.60 bits per heavy atom. The van der Waals surface area contributed by atoms with Crippen LogP contribution in [0.1, 0.15) is 68.9 Å². The van der Waals surface area contributed by atoms with Crippen molar-refractivity contribution in [3.05, 3.63) is 41.5 Å². The Balaban J connectivity index is 1.29. The van der Waals surface area contributed by atoms with Crippen molar-refractivity contribution in [3.63, 3.8) is 0 Å². The quantitative estimate of drug-likeness (QED) is 0.263. The molecule has 1 aliphatic carbocycles. The number of benzene rings is 2. The number of ether oxygens (including phenoxy) is 2. The minimum absolute atomic E-state index is 0.0217. The van der Waals surface area contributed by atoms with E-state index in [1.54, 1.807) is 18.2 Å². The average molecular weight is 572 g/mol. The lowest BCUT2D eigenvalue weighted by molar-refractivity contribution is -0.185. The molecular formula is C30H35F6NO3. The van der Waals surface area contributed by atoms with E-state index >= 15 is 0 Å². The fourth-order valence-corrected chi connectivity index (χ4v) is 7.05. The van der Waals surface area contributed by atoms with Gasteiger partial charge in [0.15, 0.2) is 0 Å². The van der Waals surface area contributed by atoms with Gasteiger partial charge in [0, 0.05) is 18.6 Å². The SMILES string of the molecule is COC(=O)C1CC2CCCC(C1)N2CCc1ccc2c(C(F)(F)F)c(O[C@H]3CC[C@@H](C(F)(F)F)CC3)ccc2c1. The van der Waals surface area contributed by atoms with Crippen LogP contribution in [-0.4, -0.2) is 48.9 Å². The standard InChI is InChI=1S/C30H35F6NO3/c1-39-28(38)20-16-22-3-2-4-23(17-20)37(22)14-13-18-5-11-25-19(15-18)6-12-26(27(25)30(34,35)36)40-24-9-7-21(8-10-24)29(31,32)33/h5-6,11-12,15,20-24H,2-4,7-10,13-14,16-17H2,1H3/t20?,21-,22?,23?,24+. The molecular weight excluding hydrogens is 536 g/mol. The number of fused-ring (bicyclic) bond motifs is 3. The van der Waals surface area contributed by atoms with E-state index in [4.69, 9.17) is 9.47 Å². The zero-order valence-electron chi connectivity index (χ0n) is 22.5. The van der Waals surface area contributed by atoms with E-state index in [-0.39, 0.29) is 48.7 Å². The van der Waals surface area contributed by atoms with Gasteiger partial charge < -0.3 is 9.47 Å². The number of piperidine rings is 2. The molecule has 0 spiro atoms. The van der Waals surface area contributed by atoms with Crippen molar-refractivity contribution < 1.29 is 40.6 Å². The Morgan fingerprint density at radius 3 is 2.20 bits per heavy atom. The Bertz CT molecular complexity index is 1190. The number of alkyl halides is 6. The lowest BCUT2D eigenvalue weighted by Gasteiger charge is -2.48. The second-order valence-corrected chi connectivity index (χ2v) is 11.5. The molecule has 2 bridgehead atoms. The van der Waals surface area contributed by atoms with Crippen molar-refractivity contribution in [1.82, 2.24) is 4.90 Å². The van der Waals surface area contributed by atoms with E-state index in [9.17, 15) is 31.1 Å². The second kappa shape index (κ2) is 11.4. The monoisotopic (exact) mass is 571 g/mol. The molecule has 40 heavy (non-hydrogen) atoms. The molecule has 2 unspecified atom stereocenters. The molecule has 0 amide bonds. The van der Waals surface area contributed by atoms with Gasteiger partial charge in [0.05, 0.1) is 25.0 Å². The highest BCUT2D eigenvalue weighted by Crippen LogP contribution is 2.44. The fraction of sp³-hybridized carbons (Fsp3) is 0.633. The minimum atomic E-state index is -4.68. The molecule has 2 heterocycles. The van der Waals surface area contributed by atoms with Gasteiger partial charge in [-0.3, -0.25) is 9.69 Å². The maximum atomic E-state index is 14.2. The second-order valence-electron chi connectivity index (χ2n) is 11.5. The third-order valence-electron chi connectivity index (χ3n) is 9.08. The Kier molecular flexibility index (Phi) is 8.28. The normalized spacial score (nSPS) is 27.9. The molecule has 0 aromatic heterocycles. The van der Waals surface area contributed by atoms with Crippen molar-refractivity contribution in [3.8, 4) is 5.75 Å². The molecule has 0 radical (unpaired) electrons. The summed E-state index contributed by atoms with van der Waals surface area (Å²) < 4.78 is 92.3. The first-order valence-corrected chi connectivity index (χ1v) is 14.1. The molecule has 2 aromatic carbocycles. The van der Waals surface area contributed by atoms with Crippen molar-refractivity contribution >= 4 is 16.7 Å². The largest absolute Gasteiger partial charge is 0.490 e. The van der Waals surface area contributed by atoms with Crippen molar-refractivity contribution in [2.24, 2.45) is 11.8 Å². The van der Waals surface area contributed by atoms with Gasteiger partial charge in [0.2, 0.25) is 0 Å². The number of halogens is 6. The first-order valence-electron chi connectivity index (χ1n) is 14.1. The molecule has 5 rings (SSSR count). The van der Waals surface area contributed by atoms with Crippen LogP contribution in [0, 0.1) is 11.8 Å². The summed E-state index contributed by atoms with van der Waals surface area (Å²) in [6, 6.07) is 8.48. The van der Waals surface area contributed by atoms with Crippen LogP contribution in [0.15, 0.2) is 30.3 Å². The van der Waals surface area contributed by atoms with E-state index in [0.29, 0.717) is 23.9 Å². The average Bonchev–Trinajstić information content (AvgIpc) is 2.89. The lowest BCUT2D eigenvalue weighted by Crippen LogP contribution is -2.53. The van der Waals surface area contributed by atoms with Crippen LogP contribution in [0.25, 0.3) is 10.8 Å². The predicted molar refractivity (Wildman–Crippen MR) is 138 cm³/mol. The number of esters is 1. The minimum Gasteiger partial charge on any atom is -0.490 e. The molecule has 220 valence electrons. The molecule has 0 N–H and O–H groups in total. The summed E-state index contributed by atoms with van der Waals surface area (Å²) in [4.78, 5) is 14.6. The number of hydrogen-bond donors (Lipinski definition) is 0. The van der Waals surface area contributed by atoms with Gasteiger partial charge in [-0.05, 0) is 80.2 Å². The van der Waals surface area contributed by atoms with Crippen LogP contribution in [0.3, 0.4) is 0 Å².